The molecule has 1 heterocycles. The lowest BCUT2D eigenvalue weighted by Crippen LogP contribution is -2.49. The molecule has 1 aromatic rings. The van der Waals surface area contributed by atoms with Gasteiger partial charge >= 0.3 is 13.2 Å². The van der Waals surface area contributed by atoms with E-state index in [0.29, 0.717) is 0 Å². The highest BCUT2D eigenvalue weighted by atomic mass is 19.1. The van der Waals surface area contributed by atoms with Crippen LogP contribution in [0.4, 0.5) is 9.18 Å². The minimum Gasteiger partial charge on any atom is -0.441 e. The van der Waals surface area contributed by atoms with Gasteiger partial charge in [-0.2, -0.15) is 0 Å². The monoisotopic (exact) mass is 350 g/mol. The molecule has 0 saturated carbocycles. The summed E-state index contributed by atoms with van der Waals surface area (Å²) < 4.78 is 18.9. The van der Waals surface area contributed by atoms with Crippen molar-refractivity contribution < 1.29 is 28.8 Å². The lowest BCUT2D eigenvalue weighted by molar-refractivity contribution is -0.125. The number of hydrogen-bond acceptors (Lipinski definition) is 5. The van der Waals surface area contributed by atoms with Crippen molar-refractivity contribution in [3.8, 4) is 0 Å². The summed E-state index contributed by atoms with van der Waals surface area (Å²) in [5.41, 5.74) is 0.785. The number of carbonyl (C=O) groups excluding carboxylic acids is 2. The van der Waals surface area contributed by atoms with Gasteiger partial charge < -0.3 is 25.0 Å². The number of likely N-dealkylation sites (tertiary alicyclic amines) is 1. The summed E-state index contributed by atoms with van der Waals surface area (Å²) in [6.07, 6.45) is -2.38. The predicted molar refractivity (Wildman–Crippen MR) is 89.2 cm³/mol. The van der Waals surface area contributed by atoms with E-state index < -0.39 is 37.3 Å². The molecule has 2 rings (SSSR count). The average Bonchev–Trinajstić information content (AvgIpc) is 2.95. The van der Waals surface area contributed by atoms with Crippen LogP contribution in [0.5, 0.6) is 0 Å². The summed E-state index contributed by atoms with van der Waals surface area (Å²) in [5.74, 6) is -1.46. The van der Waals surface area contributed by atoms with Crippen molar-refractivity contribution in [2.45, 2.75) is 24.6 Å². The molecule has 9 heteroatoms. The van der Waals surface area contributed by atoms with Crippen LogP contribution in [0.1, 0.15) is 5.56 Å². The molecule has 1 fully saturated rings. The van der Waals surface area contributed by atoms with Crippen LogP contribution in [-0.2, 0) is 16.0 Å². The fraction of sp³-hybridized carbons (Fsp3) is 0.375. The first kappa shape index (κ1) is 18.9. The SMILES string of the molecule is C=CC(=O)N1C[C@H](OC(=O)NC(Cc2ccccc2)B(O)O)[C@@H](F)C1. The number of ether oxygens (including phenoxy) is 1. The summed E-state index contributed by atoms with van der Waals surface area (Å²) in [7, 11) is -1.81. The predicted octanol–water partition coefficient (Wildman–Crippen LogP) is 0.0708. The van der Waals surface area contributed by atoms with Crippen molar-refractivity contribution in [1.82, 2.24) is 10.2 Å². The van der Waals surface area contributed by atoms with Gasteiger partial charge in [0.05, 0.1) is 19.0 Å². The molecule has 0 aliphatic carbocycles. The minimum atomic E-state index is -1.81. The highest BCUT2D eigenvalue weighted by Crippen LogP contribution is 2.17. The Morgan fingerprint density at radius 1 is 1.40 bits per heavy atom. The van der Waals surface area contributed by atoms with E-state index >= 15 is 0 Å². The lowest BCUT2D eigenvalue weighted by Gasteiger charge is -2.20. The molecule has 0 aromatic heterocycles. The van der Waals surface area contributed by atoms with Crippen LogP contribution < -0.4 is 5.32 Å². The Hall–Kier alpha value is -2.39. The highest BCUT2D eigenvalue weighted by molar-refractivity contribution is 6.43. The minimum absolute atomic E-state index is 0.0789. The zero-order chi connectivity index (χ0) is 18.4. The molecule has 1 saturated heterocycles. The number of benzene rings is 1. The van der Waals surface area contributed by atoms with Crippen LogP contribution in [0.3, 0.4) is 0 Å². The Morgan fingerprint density at radius 2 is 2.08 bits per heavy atom. The molecule has 25 heavy (non-hydrogen) atoms. The first-order chi connectivity index (χ1) is 11.9. The second-order valence-electron chi connectivity index (χ2n) is 5.76. The van der Waals surface area contributed by atoms with E-state index in [9.17, 15) is 24.0 Å². The normalized spacial score (nSPS) is 20.7. The number of amides is 2. The molecule has 3 N–H and O–H groups in total. The highest BCUT2D eigenvalue weighted by Gasteiger charge is 2.38. The van der Waals surface area contributed by atoms with Gasteiger partial charge in [0, 0.05) is 0 Å². The molecule has 0 spiro atoms. The maximum absolute atomic E-state index is 13.9. The number of alkyl carbamates (subject to hydrolysis) is 1. The second-order valence-corrected chi connectivity index (χ2v) is 5.76. The summed E-state index contributed by atoms with van der Waals surface area (Å²) >= 11 is 0. The molecule has 134 valence electrons. The molecular formula is C16H20BFN2O5. The number of halogens is 1. The van der Waals surface area contributed by atoms with Crippen LogP contribution in [0, 0.1) is 0 Å². The van der Waals surface area contributed by atoms with E-state index in [1.54, 1.807) is 24.3 Å². The van der Waals surface area contributed by atoms with Gasteiger partial charge in [-0.25, -0.2) is 9.18 Å². The fourth-order valence-corrected chi connectivity index (χ4v) is 2.58. The Labute approximate surface area is 145 Å². The molecule has 0 radical (unpaired) electrons. The largest absolute Gasteiger partial charge is 0.475 e. The van der Waals surface area contributed by atoms with Gasteiger partial charge in [0.1, 0.15) is 0 Å². The van der Waals surface area contributed by atoms with Crippen LogP contribution in [-0.4, -0.2) is 65.4 Å². The maximum atomic E-state index is 13.9. The number of alkyl halides is 1. The molecule has 1 unspecified atom stereocenters. The van der Waals surface area contributed by atoms with E-state index in [4.69, 9.17) is 4.74 Å². The molecule has 1 aromatic carbocycles. The Bertz CT molecular complexity index is 616. The van der Waals surface area contributed by atoms with E-state index in [2.05, 4.69) is 11.9 Å². The second kappa shape index (κ2) is 8.64. The zero-order valence-electron chi connectivity index (χ0n) is 13.5. The van der Waals surface area contributed by atoms with Gasteiger partial charge in [-0.1, -0.05) is 36.9 Å². The Kier molecular flexibility index (Phi) is 6.54. The van der Waals surface area contributed by atoms with Crippen LogP contribution in [0.15, 0.2) is 43.0 Å². The van der Waals surface area contributed by atoms with E-state index in [1.165, 1.54) is 4.90 Å². The van der Waals surface area contributed by atoms with Gasteiger partial charge in [0.25, 0.3) is 0 Å². The van der Waals surface area contributed by atoms with Crippen LogP contribution >= 0.6 is 0 Å². The molecule has 2 amide bonds. The van der Waals surface area contributed by atoms with Crippen molar-refractivity contribution in [2.75, 3.05) is 13.1 Å². The third kappa shape index (κ3) is 5.30. The molecule has 7 nitrogen and oxygen atoms in total. The van der Waals surface area contributed by atoms with Crippen LogP contribution in [0.25, 0.3) is 0 Å². The van der Waals surface area contributed by atoms with Crippen molar-refractivity contribution in [1.29, 1.82) is 0 Å². The van der Waals surface area contributed by atoms with Gasteiger partial charge in [-0.3, -0.25) is 4.79 Å². The number of hydrogen-bond donors (Lipinski definition) is 3. The lowest BCUT2D eigenvalue weighted by atomic mass is 9.76. The molecule has 1 aliphatic heterocycles. The quantitative estimate of drug-likeness (QED) is 0.498. The van der Waals surface area contributed by atoms with E-state index in [1.807, 2.05) is 6.07 Å². The summed E-state index contributed by atoms with van der Waals surface area (Å²) in [6.45, 7) is 3.06. The molecular weight excluding hydrogens is 330 g/mol. The Morgan fingerprint density at radius 3 is 2.68 bits per heavy atom. The van der Waals surface area contributed by atoms with Gasteiger partial charge in [-0.15, -0.1) is 0 Å². The van der Waals surface area contributed by atoms with E-state index in [0.717, 1.165) is 11.6 Å². The molecule has 1 aliphatic rings. The summed E-state index contributed by atoms with van der Waals surface area (Å²) in [5, 5.41) is 21.2. The van der Waals surface area contributed by atoms with Gasteiger partial charge in [0.2, 0.25) is 5.91 Å². The number of nitrogens with one attached hydrogen (secondary N) is 1. The third-order valence-electron chi connectivity index (χ3n) is 3.90. The average molecular weight is 350 g/mol. The maximum Gasteiger partial charge on any atom is 0.475 e. The standard InChI is InChI=1S/C16H20BFN2O5/c1-2-15(21)20-9-12(18)13(10-20)25-16(22)19-14(17(23)24)8-11-6-4-3-5-7-11/h2-7,12-14,23-24H,1,8-10H2,(H,19,22)/t12-,13-,14?/m0/s1. The summed E-state index contributed by atoms with van der Waals surface area (Å²) in [6, 6.07) is 8.93. The smallest absolute Gasteiger partial charge is 0.441 e. The first-order valence-corrected chi connectivity index (χ1v) is 7.83. The topological polar surface area (TPSA) is 99.1 Å². The van der Waals surface area contributed by atoms with Crippen molar-refractivity contribution in [2.24, 2.45) is 0 Å². The van der Waals surface area contributed by atoms with Crippen molar-refractivity contribution >= 4 is 19.1 Å². The number of rotatable bonds is 6. The molecule has 3 atom stereocenters. The van der Waals surface area contributed by atoms with Crippen molar-refractivity contribution in [3.05, 3.63) is 48.6 Å². The third-order valence-corrected chi connectivity index (χ3v) is 3.90. The zero-order valence-corrected chi connectivity index (χ0v) is 13.5. The summed E-state index contributed by atoms with van der Waals surface area (Å²) in [4.78, 5) is 24.6. The van der Waals surface area contributed by atoms with Gasteiger partial charge in [-0.05, 0) is 18.1 Å². The van der Waals surface area contributed by atoms with Crippen molar-refractivity contribution in [3.63, 3.8) is 0 Å². The molecule has 0 bridgehead atoms. The Balaban J connectivity index is 1.91. The first-order valence-electron chi connectivity index (χ1n) is 7.83. The van der Waals surface area contributed by atoms with Crippen LogP contribution in [0.2, 0.25) is 0 Å². The van der Waals surface area contributed by atoms with E-state index in [-0.39, 0.29) is 19.5 Å². The number of nitrogens with zero attached hydrogens (tertiary/aromatic N) is 1. The van der Waals surface area contributed by atoms with Gasteiger partial charge in [0.15, 0.2) is 12.3 Å². The fourth-order valence-electron chi connectivity index (χ4n) is 2.58. The number of carbonyl (C=O) groups is 2.